The zero-order valence-corrected chi connectivity index (χ0v) is 13.7. The van der Waals surface area contributed by atoms with Gasteiger partial charge in [-0.2, -0.15) is 0 Å². The average Bonchev–Trinajstić information content (AvgIpc) is 2.43. The first kappa shape index (κ1) is 15.5. The number of carboxylic acids is 1. The largest absolute Gasteiger partial charge is 0.478 e. The number of hydrogen-bond acceptors (Lipinski definition) is 3. The Morgan fingerprint density at radius 2 is 1.81 bits per heavy atom. The summed E-state index contributed by atoms with van der Waals surface area (Å²) in [7, 11) is 0. The van der Waals surface area contributed by atoms with Crippen LogP contribution in [0.1, 0.15) is 20.7 Å². The molecule has 0 bridgehead atoms. The molecule has 1 amide bonds. The summed E-state index contributed by atoms with van der Waals surface area (Å²) in [6.45, 7) is 0. The average molecular weight is 414 g/mol. The first-order valence-corrected chi connectivity index (χ1v) is 7.36. The van der Waals surface area contributed by atoms with Crippen molar-refractivity contribution in [3.05, 3.63) is 56.5 Å². The van der Waals surface area contributed by atoms with Gasteiger partial charge in [0, 0.05) is 20.2 Å². The first-order valence-electron chi connectivity index (χ1n) is 5.77. The monoisotopic (exact) mass is 412 g/mol. The van der Waals surface area contributed by atoms with Crippen LogP contribution in [0, 0.1) is 0 Å². The van der Waals surface area contributed by atoms with Gasteiger partial charge in [0.2, 0.25) is 0 Å². The molecule has 2 rings (SSSR count). The number of carboxylic acid groups (broad SMARTS) is 1. The zero-order chi connectivity index (χ0) is 15.6. The molecule has 5 nitrogen and oxygen atoms in total. The summed E-state index contributed by atoms with van der Waals surface area (Å²) in [5.74, 6) is -1.55. The van der Waals surface area contributed by atoms with Gasteiger partial charge in [-0.25, -0.2) is 4.79 Å². The van der Waals surface area contributed by atoms with Crippen LogP contribution >= 0.6 is 31.9 Å². The Bertz CT molecular complexity index is 732. The molecule has 0 aliphatic carbocycles. The number of nitrogens with one attached hydrogen (secondary N) is 1. The SMILES string of the molecule is Nc1cc(C(=O)Nc2ccc(Br)cc2C(=O)O)ccc1Br. The van der Waals surface area contributed by atoms with E-state index < -0.39 is 11.9 Å². The van der Waals surface area contributed by atoms with Crippen LogP contribution in [0.3, 0.4) is 0 Å². The molecule has 4 N–H and O–H groups in total. The zero-order valence-electron chi connectivity index (χ0n) is 10.6. The molecule has 0 spiro atoms. The van der Waals surface area contributed by atoms with E-state index in [0.717, 1.165) is 0 Å². The van der Waals surface area contributed by atoms with Gasteiger partial charge in [0.1, 0.15) is 0 Å². The van der Waals surface area contributed by atoms with E-state index in [1.54, 1.807) is 18.2 Å². The van der Waals surface area contributed by atoms with E-state index in [-0.39, 0.29) is 11.3 Å². The van der Waals surface area contributed by atoms with Gasteiger partial charge < -0.3 is 16.2 Å². The highest BCUT2D eigenvalue weighted by molar-refractivity contribution is 9.10. The normalized spacial score (nSPS) is 10.2. The Balaban J connectivity index is 2.31. The lowest BCUT2D eigenvalue weighted by Crippen LogP contribution is -2.15. The minimum atomic E-state index is -1.12. The standard InChI is InChI=1S/C14H10Br2N2O3/c15-8-2-4-12(9(6-8)14(20)21)18-13(19)7-1-3-10(16)11(17)5-7/h1-6H,17H2,(H,18,19)(H,20,21). The van der Waals surface area contributed by atoms with E-state index in [1.807, 2.05) is 0 Å². The highest BCUT2D eigenvalue weighted by Crippen LogP contribution is 2.24. The summed E-state index contributed by atoms with van der Waals surface area (Å²) in [5, 5.41) is 11.7. The van der Waals surface area contributed by atoms with Gasteiger partial charge in [-0.15, -0.1) is 0 Å². The lowest BCUT2D eigenvalue weighted by molar-refractivity contribution is 0.0698. The van der Waals surface area contributed by atoms with Gasteiger partial charge in [-0.3, -0.25) is 4.79 Å². The number of halogens is 2. The van der Waals surface area contributed by atoms with E-state index in [1.165, 1.54) is 18.2 Å². The molecule has 0 aliphatic heterocycles. The first-order chi connectivity index (χ1) is 9.88. The third-order valence-corrected chi connectivity index (χ3v) is 3.93. The maximum atomic E-state index is 12.2. The molecule has 0 atom stereocenters. The molecule has 0 aliphatic rings. The highest BCUT2D eigenvalue weighted by atomic mass is 79.9. The molecular formula is C14H10Br2N2O3. The second kappa shape index (κ2) is 6.28. The Labute approximate surface area is 137 Å². The van der Waals surface area contributed by atoms with Crippen molar-refractivity contribution in [3.63, 3.8) is 0 Å². The van der Waals surface area contributed by atoms with Crippen LogP contribution in [-0.2, 0) is 0 Å². The van der Waals surface area contributed by atoms with Crippen LogP contribution in [-0.4, -0.2) is 17.0 Å². The summed E-state index contributed by atoms with van der Waals surface area (Å²) >= 11 is 6.44. The van der Waals surface area contributed by atoms with E-state index in [2.05, 4.69) is 37.2 Å². The summed E-state index contributed by atoms with van der Waals surface area (Å²) in [6.07, 6.45) is 0. The van der Waals surface area contributed by atoms with E-state index in [0.29, 0.717) is 20.2 Å². The van der Waals surface area contributed by atoms with Crippen molar-refractivity contribution in [1.82, 2.24) is 0 Å². The van der Waals surface area contributed by atoms with Gasteiger partial charge in [-0.1, -0.05) is 15.9 Å². The number of carbonyl (C=O) groups excluding carboxylic acids is 1. The van der Waals surface area contributed by atoms with Gasteiger partial charge in [0.25, 0.3) is 5.91 Å². The van der Waals surface area contributed by atoms with Crippen molar-refractivity contribution in [3.8, 4) is 0 Å². The molecule has 21 heavy (non-hydrogen) atoms. The van der Waals surface area contributed by atoms with Gasteiger partial charge in [0.05, 0.1) is 11.3 Å². The molecule has 0 saturated carbocycles. The number of benzene rings is 2. The topological polar surface area (TPSA) is 92.4 Å². The minimum Gasteiger partial charge on any atom is -0.478 e. The molecule has 0 fully saturated rings. The van der Waals surface area contributed by atoms with E-state index in [4.69, 9.17) is 10.8 Å². The van der Waals surface area contributed by atoms with Crippen molar-refractivity contribution in [2.75, 3.05) is 11.1 Å². The molecule has 7 heteroatoms. The smallest absolute Gasteiger partial charge is 0.337 e. The third kappa shape index (κ3) is 3.62. The Morgan fingerprint density at radius 1 is 1.10 bits per heavy atom. The molecule has 0 unspecified atom stereocenters. The lowest BCUT2D eigenvalue weighted by atomic mass is 10.1. The fourth-order valence-electron chi connectivity index (χ4n) is 1.68. The second-order valence-corrected chi connectivity index (χ2v) is 5.96. The van der Waals surface area contributed by atoms with Crippen LogP contribution in [0.5, 0.6) is 0 Å². The van der Waals surface area contributed by atoms with Gasteiger partial charge >= 0.3 is 5.97 Å². The number of hydrogen-bond donors (Lipinski definition) is 3. The van der Waals surface area contributed by atoms with Gasteiger partial charge in [-0.05, 0) is 52.3 Å². The Morgan fingerprint density at radius 3 is 2.43 bits per heavy atom. The number of anilines is 2. The van der Waals surface area contributed by atoms with Crippen LogP contribution < -0.4 is 11.1 Å². The van der Waals surface area contributed by atoms with Crippen molar-refractivity contribution >= 4 is 55.1 Å². The molecule has 0 radical (unpaired) electrons. The predicted octanol–water partition coefficient (Wildman–Crippen LogP) is 3.74. The lowest BCUT2D eigenvalue weighted by Gasteiger charge is -2.09. The van der Waals surface area contributed by atoms with Crippen molar-refractivity contribution in [2.45, 2.75) is 0 Å². The van der Waals surface area contributed by atoms with Crippen LogP contribution in [0.25, 0.3) is 0 Å². The van der Waals surface area contributed by atoms with E-state index >= 15 is 0 Å². The summed E-state index contributed by atoms with van der Waals surface area (Å²) in [6, 6.07) is 9.36. The number of aromatic carboxylic acids is 1. The van der Waals surface area contributed by atoms with Crippen molar-refractivity contribution in [2.24, 2.45) is 0 Å². The summed E-state index contributed by atoms with van der Waals surface area (Å²) in [4.78, 5) is 23.3. The molecular weight excluding hydrogens is 404 g/mol. The molecule has 0 heterocycles. The molecule has 0 aromatic heterocycles. The predicted molar refractivity (Wildman–Crippen MR) is 87.6 cm³/mol. The molecule has 2 aromatic rings. The fraction of sp³-hybridized carbons (Fsp3) is 0. The number of nitrogen functional groups attached to an aromatic ring is 1. The van der Waals surface area contributed by atoms with Crippen molar-refractivity contribution in [1.29, 1.82) is 0 Å². The number of rotatable bonds is 3. The summed E-state index contributed by atoms with van der Waals surface area (Å²) < 4.78 is 1.31. The number of carbonyl (C=O) groups is 2. The van der Waals surface area contributed by atoms with Crippen LogP contribution in [0.15, 0.2) is 45.3 Å². The Hall–Kier alpha value is -1.86. The summed E-state index contributed by atoms with van der Waals surface area (Å²) in [5.41, 5.74) is 6.72. The maximum absolute atomic E-state index is 12.2. The number of nitrogens with two attached hydrogens (primary N) is 1. The fourth-order valence-corrected chi connectivity index (χ4v) is 2.29. The van der Waals surface area contributed by atoms with Crippen molar-refractivity contribution < 1.29 is 14.7 Å². The quantitative estimate of drug-likeness (QED) is 0.668. The molecule has 108 valence electrons. The highest BCUT2D eigenvalue weighted by Gasteiger charge is 2.14. The van der Waals surface area contributed by atoms with Crippen LogP contribution in [0.4, 0.5) is 11.4 Å². The number of amides is 1. The second-order valence-electron chi connectivity index (χ2n) is 4.19. The molecule has 2 aromatic carbocycles. The van der Waals surface area contributed by atoms with Crippen LogP contribution in [0.2, 0.25) is 0 Å². The maximum Gasteiger partial charge on any atom is 0.337 e. The third-order valence-electron chi connectivity index (χ3n) is 2.72. The molecule has 0 saturated heterocycles. The van der Waals surface area contributed by atoms with E-state index in [9.17, 15) is 9.59 Å². The minimum absolute atomic E-state index is 0.00260. The van der Waals surface area contributed by atoms with Gasteiger partial charge in [0.15, 0.2) is 0 Å². The Kier molecular flexibility index (Phi) is 4.64.